The van der Waals surface area contributed by atoms with E-state index in [1.165, 1.54) is 24.0 Å². The number of hydrogen-bond acceptors (Lipinski definition) is 2. The fourth-order valence-corrected chi connectivity index (χ4v) is 3.44. The zero-order chi connectivity index (χ0) is 12.5. The van der Waals surface area contributed by atoms with Gasteiger partial charge in [0.05, 0.1) is 0 Å². The van der Waals surface area contributed by atoms with Gasteiger partial charge in [0.25, 0.3) is 0 Å². The van der Waals surface area contributed by atoms with Crippen LogP contribution < -0.4 is 5.73 Å². The van der Waals surface area contributed by atoms with Gasteiger partial charge >= 0.3 is 0 Å². The third-order valence-corrected chi connectivity index (χ3v) is 4.57. The van der Waals surface area contributed by atoms with E-state index in [0.717, 1.165) is 32.5 Å². The molecule has 3 heteroatoms. The molecular formula is C15H21FN2. The number of rotatable bonds is 2. The van der Waals surface area contributed by atoms with Crippen molar-refractivity contribution in [1.82, 2.24) is 4.90 Å². The Balaban J connectivity index is 1.73. The third kappa shape index (κ3) is 2.17. The zero-order valence-electron chi connectivity index (χ0n) is 10.7. The predicted octanol–water partition coefficient (Wildman–Crippen LogP) is 2.48. The smallest absolute Gasteiger partial charge is 0.123 e. The summed E-state index contributed by atoms with van der Waals surface area (Å²) in [7, 11) is 0. The lowest BCUT2D eigenvalue weighted by molar-refractivity contribution is 0.134. The molecule has 2 nitrogen and oxygen atoms in total. The van der Waals surface area contributed by atoms with Crippen LogP contribution >= 0.6 is 0 Å². The van der Waals surface area contributed by atoms with E-state index in [4.69, 9.17) is 5.73 Å². The van der Waals surface area contributed by atoms with Gasteiger partial charge in [0.2, 0.25) is 0 Å². The lowest BCUT2D eigenvalue weighted by Gasteiger charge is -2.36. The number of nitrogens with two attached hydrogens (primary N) is 1. The van der Waals surface area contributed by atoms with Crippen molar-refractivity contribution in [3.05, 3.63) is 35.1 Å². The highest BCUT2D eigenvalue weighted by molar-refractivity contribution is 5.35. The molecule has 0 aromatic heterocycles. The Labute approximate surface area is 108 Å². The Bertz CT molecular complexity index is 425. The van der Waals surface area contributed by atoms with Gasteiger partial charge in [-0.2, -0.15) is 0 Å². The van der Waals surface area contributed by atoms with Gasteiger partial charge in [-0.05, 0) is 74.5 Å². The van der Waals surface area contributed by atoms with Gasteiger partial charge in [-0.15, -0.1) is 0 Å². The van der Waals surface area contributed by atoms with E-state index in [0.29, 0.717) is 12.0 Å². The molecule has 2 aliphatic rings. The van der Waals surface area contributed by atoms with E-state index >= 15 is 0 Å². The van der Waals surface area contributed by atoms with E-state index in [9.17, 15) is 4.39 Å². The molecule has 1 heterocycles. The van der Waals surface area contributed by atoms with E-state index in [2.05, 4.69) is 4.90 Å². The largest absolute Gasteiger partial charge is 0.330 e. The number of halogens is 1. The number of fused-ring (bicyclic) bond motifs is 1. The molecule has 1 atom stereocenters. The first-order chi connectivity index (χ1) is 8.78. The standard InChI is InChI=1S/C15H21FN2/c16-13-2-3-14-12(9-13)1-4-15(14)18-7-5-11(10-17)6-8-18/h2-3,9,11,15H,1,4-8,10,17H2. The van der Waals surface area contributed by atoms with Crippen LogP contribution in [-0.4, -0.2) is 24.5 Å². The van der Waals surface area contributed by atoms with Crippen LogP contribution in [0.1, 0.15) is 36.4 Å². The minimum atomic E-state index is -0.101. The molecule has 18 heavy (non-hydrogen) atoms. The topological polar surface area (TPSA) is 29.3 Å². The van der Waals surface area contributed by atoms with Crippen molar-refractivity contribution in [3.8, 4) is 0 Å². The summed E-state index contributed by atoms with van der Waals surface area (Å²) in [6.07, 6.45) is 4.59. The van der Waals surface area contributed by atoms with Crippen LogP contribution in [0.4, 0.5) is 4.39 Å². The molecule has 0 saturated carbocycles. The molecule has 1 aliphatic carbocycles. The summed E-state index contributed by atoms with van der Waals surface area (Å²) in [5.74, 6) is 0.603. The zero-order valence-corrected chi connectivity index (χ0v) is 10.7. The van der Waals surface area contributed by atoms with Crippen LogP contribution in [0.25, 0.3) is 0 Å². The summed E-state index contributed by atoms with van der Waals surface area (Å²) in [6.45, 7) is 3.10. The molecule has 0 spiro atoms. The molecule has 1 aromatic rings. The molecule has 3 rings (SSSR count). The maximum absolute atomic E-state index is 13.2. The normalized spacial score (nSPS) is 25.3. The molecule has 0 amide bonds. The highest BCUT2D eigenvalue weighted by atomic mass is 19.1. The monoisotopic (exact) mass is 248 g/mol. The van der Waals surface area contributed by atoms with Crippen molar-refractivity contribution < 1.29 is 4.39 Å². The van der Waals surface area contributed by atoms with Crippen LogP contribution in [0.5, 0.6) is 0 Å². The van der Waals surface area contributed by atoms with Gasteiger partial charge in [0, 0.05) is 6.04 Å². The quantitative estimate of drug-likeness (QED) is 0.871. The Morgan fingerprint density at radius 2 is 2.00 bits per heavy atom. The second-order valence-corrected chi connectivity index (χ2v) is 5.61. The maximum atomic E-state index is 13.2. The third-order valence-electron chi connectivity index (χ3n) is 4.57. The van der Waals surface area contributed by atoms with E-state index in [1.807, 2.05) is 6.07 Å². The summed E-state index contributed by atoms with van der Waals surface area (Å²) < 4.78 is 13.2. The van der Waals surface area contributed by atoms with E-state index in [1.54, 1.807) is 12.1 Å². The van der Waals surface area contributed by atoms with Crippen molar-refractivity contribution in [2.75, 3.05) is 19.6 Å². The second kappa shape index (κ2) is 4.98. The lowest BCUT2D eigenvalue weighted by Crippen LogP contribution is -2.37. The first kappa shape index (κ1) is 12.1. The van der Waals surface area contributed by atoms with Crippen LogP contribution in [0, 0.1) is 11.7 Å². The molecule has 1 unspecified atom stereocenters. The predicted molar refractivity (Wildman–Crippen MR) is 70.8 cm³/mol. The fraction of sp³-hybridized carbons (Fsp3) is 0.600. The number of piperidine rings is 1. The van der Waals surface area contributed by atoms with Crippen molar-refractivity contribution >= 4 is 0 Å². The molecule has 1 aliphatic heterocycles. The molecule has 2 N–H and O–H groups in total. The molecule has 1 saturated heterocycles. The number of likely N-dealkylation sites (tertiary alicyclic amines) is 1. The van der Waals surface area contributed by atoms with Crippen molar-refractivity contribution in [3.63, 3.8) is 0 Å². The minimum absolute atomic E-state index is 0.101. The van der Waals surface area contributed by atoms with Gasteiger partial charge in [-0.3, -0.25) is 4.90 Å². The summed E-state index contributed by atoms with van der Waals surface area (Å²) in [5, 5.41) is 0. The summed E-state index contributed by atoms with van der Waals surface area (Å²) >= 11 is 0. The fourth-order valence-electron chi connectivity index (χ4n) is 3.44. The number of hydrogen-bond donors (Lipinski definition) is 1. The van der Waals surface area contributed by atoms with Gasteiger partial charge in [-0.1, -0.05) is 6.07 Å². The number of benzene rings is 1. The SMILES string of the molecule is NCC1CCN(C2CCc3cc(F)ccc32)CC1. The van der Waals surface area contributed by atoms with Crippen molar-refractivity contribution in [1.29, 1.82) is 0 Å². The van der Waals surface area contributed by atoms with Gasteiger partial charge in [-0.25, -0.2) is 4.39 Å². The summed E-state index contributed by atoms with van der Waals surface area (Å²) in [6, 6.07) is 5.81. The van der Waals surface area contributed by atoms with Crippen LogP contribution in [-0.2, 0) is 6.42 Å². The number of aryl methyl sites for hydroxylation is 1. The van der Waals surface area contributed by atoms with Gasteiger partial charge in [0.15, 0.2) is 0 Å². The minimum Gasteiger partial charge on any atom is -0.330 e. The van der Waals surface area contributed by atoms with Gasteiger partial charge in [0.1, 0.15) is 5.82 Å². The van der Waals surface area contributed by atoms with E-state index < -0.39 is 0 Å². The molecule has 1 aromatic carbocycles. The lowest BCUT2D eigenvalue weighted by atomic mass is 9.95. The average Bonchev–Trinajstić information content (AvgIpc) is 2.81. The van der Waals surface area contributed by atoms with E-state index in [-0.39, 0.29) is 5.82 Å². The Morgan fingerprint density at radius 3 is 2.72 bits per heavy atom. The first-order valence-electron chi connectivity index (χ1n) is 7.00. The highest BCUT2D eigenvalue weighted by Crippen LogP contribution is 2.37. The van der Waals surface area contributed by atoms with Crippen molar-refractivity contribution in [2.24, 2.45) is 11.7 Å². The summed E-state index contributed by atoms with van der Waals surface area (Å²) in [4.78, 5) is 2.57. The van der Waals surface area contributed by atoms with Crippen LogP contribution in [0.3, 0.4) is 0 Å². The Morgan fingerprint density at radius 1 is 1.22 bits per heavy atom. The average molecular weight is 248 g/mol. The second-order valence-electron chi connectivity index (χ2n) is 5.61. The Kier molecular flexibility index (Phi) is 3.35. The number of nitrogens with zero attached hydrogens (tertiary/aromatic N) is 1. The molecule has 0 bridgehead atoms. The molecule has 1 fully saturated rings. The van der Waals surface area contributed by atoms with Crippen LogP contribution in [0.2, 0.25) is 0 Å². The first-order valence-corrected chi connectivity index (χ1v) is 7.00. The van der Waals surface area contributed by atoms with Gasteiger partial charge < -0.3 is 5.73 Å². The highest BCUT2D eigenvalue weighted by Gasteiger charge is 2.30. The van der Waals surface area contributed by atoms with Crippen LogP contribution in [0.15, 0.2) is 18.2 Å². The molecule has 0 radical (unpaired) electrons. The molecular weight excluding hydrogens is 227 g/mol. The maximum Gasteiger partial charge on any atom is 0.123 e. The van der Waals surface area contributed by atoms with Crippen molar-refractivity contribution in [2.45, 2.75) is 31.7 Å². The summed E-state index contributed by atoms with van der Waals surface area (Å²) in [5.41, 5.74) is 8.29. The Hall–Kier alpha value is -0.930. The molecule has 98 valence electrons.